The van der Waals surface area contributed by atoms with Crippen LogP contribution in [0.5, 0.6) is 0 Å². The van der Waals surface area contributed by atoms with Gasteiger partial charge < -0.3 is 4.52 Å². The second-order valence-corrected chi connectivity index (χ2v) is 5.59. The second kappa shape index (κ2) is 4.89. The highest BCUT2D eigenvalue weighted by Gasteiger charge is 2.16. The Morgan fingerprint density at radius 3 is 2.67 bits per heavy atom. The van der Waals surface area contributed by atoms with Gasteiger partial charge in [-0.05, 0) is 13.8 Å². The smallest absolute Gasteiger partial charge is 0.279 e. The van der Waals surface area contributed by atoms with Crippen molar-refractivity contribution < 1.29 is 9.32 Å². The van der Waals surface area contributed by atoms with E-state index >= 15 is 0 Å². The molecule has 0 aliphatic carbocycles. The monoisotopic (exact) mass is 265 g/mol. The minimum atomic E-state index is -0.292. The first kappa shape index (κ1) is 12.8. The first-order valence-corrected chi connectivity index (χ1v) is 6.51. The van der Waals surface area contributed by atoms with Gasteiger partial charge >= 0.3 is 0 Å². The number of hydrogen-bond acceptors (Lipinski definition) is 5. The summed E-state index contributed by atoms with van der Waals surface area (Å²) >= 11 is 1.45. The molecule has 2 aromatic heterocycles. The van der Waals surface area contributed by atoms with E-state index in [9.17, 15) is 4.79 Å². The molecule has 1 amide bonds. The number of carbonyl (C=O) groups excluding carboxylic acids is 1. The number of amides is 1. The van der Waals surface area contributed by atoms with Gasteiger partial charge in [0.05, 0.1) is 5.69 Å². The lowest BCUT2D eigenvalue weighted by Gasteiger charge is -1.96. The molecule has 5 nitrogen and oxygen atoms in total. The van der Waals surface area contributed by atoms with Crippen LogP contribution in [0.25, 0.3) is 0 Å². The largest absolute Gasteiger partial charge is 0.360 e. The van der Waals surface area contributed by atoms with Gasteiger partial charge in [-0.15, -0.1) is 11.3 Å². The second-order valence-electron chi connectivity index (χ2n) is 4.38. The summed E-state index contributed by atoms with van der Waals surface area (Å²) in [6, 6.07) is 1.66. The van der Waals surface area contributed by atoms with Crippen LogP contribution in [0.1, 0.15) is 46.6 Å². The molecule has 0 aliphatic heterocycles. The predicted octanol–water partition coefficient (Wildman–Crippen LogP) is 3.12. The molecule has 0 bridgehead atoms. The third-order valence-corrected chi connectivity index (χ3v) is 3.57. The molecule has 0 fully saturated rings. The highest BCUT2D eigenvalue weighted by Crippen LogP contribution is 2.22. The van der Waals surface area contributed by atoms with Crippen molar-refractivity contribution in [2.75, 3.05) is 5.32 Å². The highest BCUT2D eigenvalue weighted by atomic mass is 32.1. The molecule has 0 saturated heterocycles. The summed E-state index contributed by atoms with van der Waals surface area (Å²) < 4.78 is 5.09. The molecule has 0 radical (unpaired) electrons. The van der Waals surface area contributed by atoms with E-state index in [2.05, 4.69) is 15.5 Å². The SMILES string of the molecule is Cc1nc(NC(=O)c2cc(C(C)C)on2)sc1C. The van der Waals surface area contributed by atoms with Crippen LogP contribution in [0.4, 0.5) is 5.13 Å². The number of rotatable bonds is 3. The van der Waals surface area contributed by atoms with Gasteiger partial charge in [0.1, 0.15) is 5.76 Å². The first-order chi connectivity index (χ1) is 8.47. The Balaban J connectivity index is 2.11. The Hall–Kier alpha value is -1.69. The zero-order valence-electron chi connectivity index (χ0n) is 10.8. The van der Waals surface area contributed by atoms with Gasteiger partial charge in [0.15, 0.2) is 10.8 Å². The van der Waals surface area contributed by atoms with E-state index in [1.54, 1.807) is 6.07 Å². The first-order valence-electron chi connectivity index (χ1n) is 5.69. The number of anilines is 1. The van der Waals surface area contributed by atoms with Crippen molar-refractivity contribution in [3.05, 3.63) is 28.1 Å². The number of carbonyl (C=O) groups is 1. The Morgan fingerprint density at radius 2 is 2.17 bits per heavy atom. The van der Waals surface area contributed by atoms with Crippen LogP contribution < -0.4 is 5.32 Å². The van der Waals surface area contributed by atoms with Gasteiger partial charge in [0, 0.05) is 16.9 Å². The zero-order chi connectivity index (χ0) is 13.3. The fourth-order valence-electron chi connectivity index (χ4n) is 1.36. The zero-order valence-corrected chi connectivity index (χ0v) is 11.6. The van der Waals surface area contributed by atoms with Crippen LogP contribution >= 0.6 is 11.3 Å². The van der Waals surface area contributed by atoms with Gasteiger partial charge in [-0.2, -0.15) is 0 Å². The minimum absolute atomic E-state index is 0.211. The van der Waals surface area contributed by atoms with Gasteiger partial charge in [0.2, 0.25) is 0 Å². The van der Waals surface area contributed by atoms with E-state index in [-0.39, 0.29) is 17.5 Å². The molecular formula is C12H15N3O2S. The molecule has 2 rings (SSSR count). The molecule has 2 aromatic rings. The molecule has 18 heavy (non-hydrogen) atoms. The number of thiazole rings is 1. The summed E-state index contributed by atoms with van der Waals surface area (Å²) in [5.74, 6) is 0.620. The standard InChI is InChI=1S/C12H15N3O2S/c1-6(2)10-5-9(15-17-10)11(16)14-12-13-7(3)8(4)18-12/h5-6H,1-4H3,(H,13,14,16). The third kappa shape index (κ3) is 2.59. The van der Waals surface area contributed by atoms with Crippen LogP contribution in [-0.2, 0) is 0 Å². The molecular weight excluding hydrogens is 250 g/mol. The Bertz CT molecular complexity index is 552. The number of nitrogens with zero attached hydrogens (tertiary/aromatic N) is 2. The van der Waals surface area contributed by atoms with E-state index in [4.69, 9.17) is 4.52 Å². The van der Waals surface area contributed by atoms with Crippen molar-refractivity contribution in [3.8, 4) is 0 Å². The van der Waals surface area contributed by atoms with E-state index in [0.717, 1.165) is 10.6 Å². The topological polar surface area (TPSA) is 68.0 Å². The summed E-state index contributed by atoms with van der Waals surface area (Å²) in [5.41, 5.74) is 1.21. The van der Waals surface area contributed by atoms with E-state index in [1.807, 2.05) is 27.7 Å². The molecule has 0 spiro atoms. The van der Waals surface area contributed by atoms with E-state index < -0.39 is 0 Å². The number of aromatic nitrogens is 2. The van der Waals surface area contributed by atoms with Crippen molar-refractivity contribution in [2.45, 2.75) is 33.6 Å². The summed E-state index contributed by atoms with van der Waals surface area (Å²) in [7, 11) is 0. The van der Waals surface area contributed by atoms with E-state index in [1.165, 1.54) is 11.3 Å². The van der Waals surface area contributed by atoms with Crippen LogP contribution in [0.2, 0.25) is 0 Å². The normalized spacial score (nSPS) is 10.9. The van der Waals surface area contributed by atoms with Crippen molar-refractivity contribution in [2.24, 2.45) is 0 Å². The number of hydrogen-bond donors (Lipinski definition) is 1. The Morgan fingerprint density at radius 1 is 1.44 bits per heavy atom. The van der Waals surface area contributed by atoms with Crippen molar-refractivity contribution >= 4 is 22.4 Å². The lowest BCUT2D eigenvalue weighted by molar-refractivity contribution is 0.101. The van der Waals surface area contributed by atoms with Crippen LogP contribution in [0, 0.1) is 13.8 Å². The molecule has 0 unspecified atom stereocenters. The Kier molecular flexibility index (Phi) is 3.47. The lowest BCUT2D eigenvalue weighted by atomic mass is 10.1. The maximum atomic E-state index is 11.9. The molecule has 96 valence electrons. The Labute approximate surface area is 109 Å². The summed E-state index contributed by atoms with van der Waals surface area (Å²) in [6.07, 6.45) is 0. The fraction of sp³-hybridized carbons (Fsp3) is 0.417. The van der Waals surface area contributed by atoms with Gasteiger partial charge in [0.25, 0.3) is 5.91 Å². The molecule has 1 N–H and O–H groups in total. The van der Waals surface area contributed by atoms with Gasteiger partial charge in [-0.1, -0.05) is 19.0 Å². The molecule has 2 heterocycles. The van der Waals surface area contributed by atoms with Crippen LogP contribution in [0.15, 0.2) is 10.6 Å². The average molecular weight is 265 g/mol. The lowest BCUT2D eigenvalue weighted by Crippen LogP contribution is -2.11. The van der Waals surface area contributed by atoms with Gasteiger partial charge in [-0.3, -0.25) is 10.1 Å². The number of nitrogens with one attached hydrogen (secondary N) is 1. The van der Waals surface area contributed by atoms with Crippen LogP contribution in [0.3, 0.4) is 0 Å². The van der Waals surface area contributed by atoms with Crippen molar-refractivity contribution in [1.29, 1.82) is 0 Å². The van der Waals surface area contributed by atoms with Crippen molar-refractivity contribution in [3.63, 3.8) is 0 Å². The highest BCUT2D eigenvalue weighted by molar-refractivity contribution is 7.15. The predicted molar refractivity (Wildman–Crippen MR) is 70.1 cm³/mol. The van der Waals surface area contributed by atoms with Crippen LogP contribution in [-0.4, -0.2) is 16.0 Å². The fourth-order valence-corrected chi connectivity index (χ4v) is 2.17. The maximum Gasteiger partial charge on any atom is 0.279 e. The van der Waals surface area contributed by atoms with E-state index in [0.29, 0.717) is 10.9 Å². The van der Waals surface area contributed by atoms with Crippen molar-refractivity contribution in [1.82, 2.24) is 10.1 Å². The molecule has 0 aliphatic rings. The average Bonchev–Trinajstić information content (AvgIpc) is 2.87. The maximum absolute atomic E-state index is 11.9. The molecule has 6 heteroatoms. The quantitative estimate of drug-likeness (QED) is 0.925. The van der Waals surface area contributed by atoms with Gasteiger partial charge in [-0.25, -0.2) is 4.98 Å². The third-order valence-electron chi connectivity index (χ3n) is 2.58. The summed E-state index contributed by atoms with van der Waals surface area (Å²) in [6.45, 7) is 7.84. The summed E-state index contributed by atoms with van der Waals surface area (Å²) in [5, 5.41) is 7.06. The minimum Gasteiger partial charge on any atom is -0.360 e. The molecule has 0 atom stereocenters. The molecule has 0 aromatic carbocycles. The summed E-state index contributed by atoms with van der Waals surface area (Å²) in [4.78, 5) is 17.2. The molecule has 0 saturated carbocycles. The number of aryl methyl sites for hydroxylation is 2.